The molecule has 8 heteroatoms. The number of amides is 1. The summed E-state index contributed by atoms with van der Waals surface area (Å²) in [5.74, 6) is -1.01. The quantitative estimate of drug-likeness (QED) is 0.660. The van der Waals surface area contributed by atoms with Crippen LogP contribution in [0.25, 0.3) is 0 Å². The third-order valence-corrected chi connectivity index (χ3v) is 3.48. The van der Waals surface area contributed by atoms with E-state index in [4.69, 9.17) is 18.9 Å². The zero-order valence-corrected chi connectivity index (χ0v) is 15.6. The van der Waals surface area contributed by atoms with Crippen molar-refractivity contribution in [2.75, 3.05) is 32.2 Å². The van der Waals surface area contributed by atoms with Crippen LogP contribution in [0.15, 0.2) is 48.5 Å². The lowest BCUT2D eigenvalue weighted by Gasteiger charge is -2.11. The van der Waals surface area contributed by atoms with Crippen molar-refractivity contribution in [3.05, 3.63) is 54.1 Å². The van der Waals surface area contributed by atoms with Gasteiger partial charge in [-0.1, -0.05) is 24.3 Å². The third-order valence-electron chi connectivity index (χ3n) is 3.48. The first-order valence-corrected chi connectivity index (χ1v) is 8.52. The Balaban J connectivity index is 1.84. The van der Waals surface area contributed by atoms with Crippen molar-refractivity contribution in [2.24, 2.45) is 0 Å². The summed E-state index contributed by atoms with van der Waals surface area (Å²) in [4.78, 5) is 35.7. The van der Waals surface area contributed by atoms with Crippen LogP contribution in [0, 0.1) is 0 Å². The molecule has 0 aliphatic carbocycles. The molecule has 0 aliphatic rings. The van der Waals surface area contributed by atoms with Crippen molar-refractivity contribution < 1.29 is 33.3 Å². The Labute approximate surface area is 162 Å². The van der Waals surface area contributed by atoms with E-state index in [1.807, 2.05) is 0 Å². The van der Waals surface area contributed by atoms with Gasteiger partial charge in [-0.25, -0.2) is 9.59 Å². The number of rotatable bonds is 9. The zero-order valence-electron chi connectivity index (χ0n) is 15.6. The van der Waals surface area contributed by atoms with Gasteiger partial charge in [-0.2, -0.15) is 0 Å². The summed E-state index contributed by atoms with van der Waals surface area (Å²) in [6, 6.07) is 13.2. The minimum Gasteiger partial charge on any atom is -0.493 e. The maximum absolute atomic E-state index is 12.0. The Hall–Kier alpha value is -3.55. The molecule has 0 heterocycles. The molecule has 0 bridgehead atoms. The predicted molar refractivity (Wildman–Crippen MR) is 100 cm³/mol. The van der Waals surface area contributed by atoms with Crippen LogP contribution in [0.1, 0.15) is 17.3 Å². The number of hydrogen-bond acceptors (Lipinski definition) is 7. The van der Waals surface area contributed by atoms with E-state index in [0.717, 1.165) is 0 Å². The van der Waals surface area contributed by atoms with Crippen LogP contribution in [-0.4, -0.2) is 44.8 Å². The van der Waals surface area contributed by atoms with Crippen LogP contribution >= 0.6 is 0 Å². The molecule has 0 aromatic heterocycles. The SMILES string of the molecule is CCOC(=O)c1ccccc1NC(=O)COC(=O)COc1ccccc1OC. The zero-order chi connectivity index (χ0) is 20.4. The Morgan fingerprint density at radius 2 is 1.57 bits per heavy atom. The highest BCUT2D eigenvalue weighted by Gasteiger charge is 2.15. The van der Waals surface area contributed by atoms with Crippen molar-refractivity contribution in [2.45, 2.75) is 6.92 Å². The van der Waals surface area contributed by atoms with E-state index >= 15 is 0 Å². The third kappa shape index (κ3) is 6.01. The largest absolute Gasteiger partial charge is 0.493 e. The molecule has 0 atom stereocenters. The van der Waals surface area contributed by atoms with Gasteiger partial charge >= 0.3 is 11.9 Å². The highest BCUT2D eigenvalue weighted by Crippen LogP contribution is 2.25. The van der Waals surface area contributed by atoms with Crippen LogP contribution in [0.3, 0.4) is 0 Å². The summed E-state index contributed by atoms with van der Waals surface area (Å²) in [5, 5.41) is 2.52. The number of para-hydroxylation sites is 3. The summed E-state index contributed by atoms with van der Waals surface area (Å²) in [6.07, 6.45) is 0. The van der Waals surface area contributed by atoms with Crippen LogP contribution in [0.5, 0.6) is 11.5 Å². The van der Waals surface area contributed by atoms with E-state index < -0.39 is 24.5 Å². The molecule has 2 aromatic rings. The first-order valence-electron chi connectivity index (χ1n) is 8.52. The van der Waals surface area contributed by atoms with Gasteiger partial charge in [-0.15, -0.1) is 0 Å². The summed E-state index contributed by atoms with van der Waals surface area (Å²) < 4.78 is 20.3. The molecule has 0 fully saturated rings. The highest BCUT2D eigenvalue weighted by molar-refractivity contribution is 6.01. The molecule has 0 saturated heterocycles. The van der Waals surface area contributed by atoms with Gasteiger partial charge in [0.15, 0.2) is 24.7 Å². The lowest BCUT2D eigenvalue weighted by molar-refractivity contribution is -0.149. The molecule has 0 radical (unpaired) electrons. The van der Waals surface area contributed by atoms with E-state index in [1.165, 1.54) is 13.2 Å². The molecule has 148 valence electrons. The lowest BCUT2D eigenvalue weighted by atomic mass is 10.2. The Morgan fingerprint density at radius 3 is 2.29 bits per heavy atom. The molecule has 0 spiro atoms. The maximum Gasteiger partial charge on any atom is 0.344 e. The number of ether oxygens (including phenoxy) is 4. The fourth-order valence-electron chi connectivity index (χ4n) is 2.23. The molecule has 28 heavy (non-hydrogen) atoms. The number of hydrogen-bond donors (Lipinski definition) is 1. The van der Waals surface area contributed by atoms with Crippen LogP contribution in [0.4, 0.5) is 5.69 Å². The van der Waals surface area contributed by atoms with Crippen molar-refractivity contribution in [3.8, 4) is 11.5 Å². The van der Waals surface area contributed by atoms with Crippen LogP contribution in [0.2, 0.25) is 0 Å². The number of esters is 2. The Morgan fingerprint density at radius 1 is 0.893 bits per heavy atom. The van der Waals surface area contributed by atoms with Gasteiger partial charge in [0, 0.05) is 0 Å². The monoisotopic (exact) mass is 387 g/mol. The molecular weight excluding hydrogens is 366 g/mol. The summed E-state index contributed by atoms with van der Waals surface area (Å²) in [6.45, 7) is 0.995. The van der Waals surface area contributed by atoms with Gasteiger partial charge in [0.1, 0.15) is 0 Å². The number of carbonyl (C=O) groups excluding carboxylic acids is 3. The molecule has 0 unspecified atom stereocenters. The second-order valence-electron chi connectivity index (χ2n) is 5.41. The number of carbonyl (C=O) groups is 3. The van der Waals surface area contributed by atoms with Crippen molar-refractivity contribution >= 4 is 23.5 Å². The minimum absolute atomic E-state index is 0.212. The van der Waals surface area contributed by atoms with Gasteiger partial charge in [0.2, 0.25) is 0 Å². The van der Waals surface area contributed by atoms with E-state index in [9.17, 15) is 14.4 Å². The van der Waals surface area contributed by atoms with Gasteiger partial charge in [-0.05, 0) is 31.2 Å². The fourth-order valence-corrected chi connectivity index (χ4v) is 2.23. The normalized spacial score (nSPS) is 9.93. The first kappa shape index (κ1) is 20.8. The first-order chi connectivity index (χ1) is 13.5. The van der Waals surface area contributed by atoms with Gasteiger partial charge in [0.05, 0.1) is 25.0 Å². The molecule has 8 nitrogen and oxygen atoms in total. The van der Waals surface area contributed by atoms with Crippen molar-refractivity contribution in [3.63, 3.8) is 0 Å². The average molecular weight is 387 g/mol. The summed E-state index contributed by atoms with van der Waals surface area (Å²) >= 11 is 0. The lowest BCUT2D eigenvalue weighted by Crippen LogP contribution is -2.24. The Kier molecular flexibility index (Phi) is 7.83. The van der Waals surface area contributed by atoms with E-state index in [1.54, 1.807) is 49.4 Å². The van der Waals surface area contributed by atoms with E-state index in [2.05, 4.69) is 5.32 Å². The molecule has 0 aliphatic heterocycles. The number of benzene rings is 2. The average Bonchev–Trinajstić information content (AvgIpc) is 2.71. The second-order valence-corrected chi connectivity index (χ2v) is 5.41. The summed E-state index contributed by atoms with van der Waals surface area (Å²) in [5.41, 5.74) is 0.482. The smallest absolute Gasteiger partial charge is 0.344 e. The minimum atomic E-state index is -0.722. The standard InChI is InChI=1S/C20H21NO7/c1-3-26-20(24)14-8-4-5-9-15(14)21-18(22)12-28-19(23)13-27-17-11-7-6-10-16(17)25-2/h4-11H,3,12-13H2,1-2H3,(H,21,22). The summed E-state index contributed by atoms with van der Waals surface area (Å²) in [7, 11) is 1.49. The van der Waals surface area contributed by atoms with Gasteiger partial charge in [0.25, 0.3) is 5.91 Å². The molecule has 0 saturated carbocycles. The fraction of sp³-hybridized carbons (Fsp3) is 0.250. The Bertz CT molecular complexity index is 835. The van der Waals surface area contributed by atoms with Crippen molar-refractivity contribution in [1.29, 1.82) is 0 Å². The van der Waals surface area contributed by atoms with Gasteiger partial charge < -0.3 is 24.3 Å². The van der Waals surface area contributed by atoms with Crippen LogP contribution in [-0.2, 0) is 19.1 Å². The number of anilines is 1. The van der Waals surface area contributed by atoms with Crippen LogP contribution < -0.4 is 14.8 Å². The second kappa shape index (κ2) is 10.6. The molecule has 2 aromatic carbocycles. The number of nitrogens with one attached hydrogen (secondary N) is 1. The van der Waals surface area contributed by atoms with Gasteiger partial charge in [-0.3, -0.25) is 4.79 Å². The molecule has 1 amide bonds. The predicted octanol–water partition coefficient (Wildman–Crippen LogP) is 2.43. The van der Waals surface area contributed by atoms with Crippen molar-refractivity contribution in [1.82, 2.24) is 0 Å². The molecule has 1 N–H and O–H groups in total. The topological polar surface area (TPSA) is 100 Å². The number of methoxy groups -OCH3 is 1. The highest BCUT2D eigenvalue weighted by atomic mass is 16.6. The molecule has 2 rings (SSSR count). The molecular formula is C20H21NO7. The van der Waals surface area contributed by atoms with E-state index in [0.29, 0.717) is 11.5 Å². The maximum atomic E-state index is 12.0. The van der Waals surface area contributed by atoms with E-state index in [-0.39, 0.29) is 24.5 Å².